The van der Waals surface area contributed by atoms with Gasteiger partial charge in [-0.15, -0.1) is 0 Å². The maximum atomic E-state index is 13.2. The molecule has 0 aromatic heterocycles. The Morgan fingerprint density at radius 3 is 2.64 bits per heavy atom. The minimum absolute atomic E-state index is 0.214. The molecule has 14 heavy (non-hydrogen) atoms. The highest BCUT2D eigenvalue weighted by Gasteiger charge is 2.44. The van der Waals surface area contributed by atoms with Gasteiger partial charge in [0.05, 0.1) is 13.0 Å². The van der Waals surface area contributed by atoms with Crippen LogP contribution in [-0.2, 0) is 9.53 Å². The van der Waals surface area contributed by atoms with Crippen molar-refractivity contribution >= 4 is 5.97 Å². The molecule has 1 fully saturated rings. The molecule has 0 aliphatic heterocycles. The first-order chi connectivity index (χ1) is 6.45. The molecule has 0 amide bonds. The van der Waals surface area contributed by atoms with Crippen LogP contribution in [0.1, 0.15) is 33.6 Å². The van der Waals surface area contributed by atoms with Crippen molar-refractivity contribution in [3.63, 3.8) is 0 Å². The predicted octanol–water partition coefficient (Wildman–Crippen LogP) is 2.84. The number of carbonyl (C=O) groups excluding carboxylic acids is 1. The standard InChI is InChI=1S/C11H17FO2/c1-4-14-10(13)6-9(12)5-8-7-11(8,2)3/h5,8H,4,6-7H2,1-3H3/b9-5+. The van der Waals surface area contributed by atoms with Gasteiger partial charge in [-0.1, -0.05) is 13.8 Å². The molecular weight excluding hydrogens is 183 g/mol. The van der Waals surface area contributed by atoms with Gasteiger partial charge >= 0.3 is 5.97 Å². The highest BCUT2D eigenvalue weighted by atomic mass is 19.1. The summed E-state index contributed by atoms with van der Waals surface area (Å²) >= 11 is 0. The second kappa shape index (κ2) is 4.11. The molecule has 0 aromatic carbocycles. The first-order valence-electron chi connectivity index (χ1n) is 4.97. The van der Waals surface area contributed by atoms with Crippen LogP contribution in [0.15, 0.2) is 11.9 Å². The Morgan fingerprint density at radius 1 is 1.64 bits per heavy atom. The Bertz CT molecular complexity index is 256. The van der Waals surface area contributed by atoms with Crippen LogP contribution in [0.2, 0.25) is 0 Å². The van der Waals surface area contributed by atoms with Crippen LogP contribution in [0.5, 0.6) is 0 Å². The summed E-state index contributed by atoms with van der Waals surface area (Å²) in [7, 11) is 0. The number of carbonyl (C=O) groups is 1. The molecule has 0 heterocycles. The summed E-state index contributed by atoms with van der Waals surface area (Å²) in [5, 5.41) is 0. The van der Waals surface area contributed by atoms with Gasteiger partial charge in [0.25, 0.3) is 0 Å². The average molecular weight is 200 g/mol. The third-order valence-electron chi connectivity index (χ3n) is 2.59. The number of rotatable bonds is 4. The molecular formula is C11H17FO2. The Morgan fingerprint density at radius 2 is 2.21 bits per heavy atom. The number of hydrogen-bond acceptors (Lipinski definition) is 2. The zero-order valence-electron chi connectivity index (χ0n) is 8.97. The molecule has 3 heteroatoms. The van der Waals surface area contributed by atoms with Crippen molar-refractivity contribution in [2.45, 2.75) is 33.6 Å². The van der Waals surface area contributed by atoms with E-state index >= 15 is 0 Å². The van der Waals surface area contributed by atoms with Crippen LogP contribution in [0.25, 0.3) is 0 Å². The smallest absolute Gasteiger partial charge is 0.312 e. The Labute approximate surface area is 84.1 Å². The fraction of sp³-hybridized carbons (Fsp3) is 0.727. The lowest BCUT2D eigenvalue weighted by atomic mass is 10.1. The van der Waals surface area contributed by atoms with Gasteiger partial charge in [-0.25, -0.2) is 4.39 Å². The van der Waals surface area contributed by atoms with Crippen LogP contribution in [0, 0.1) is 11.3 Å². The molecule has 80 valence electrons. The Balaban J connectivity index is 2.35. The van der Waals surface area contributed by atoms with Crippen LogP contribution in [-0.4, -0.2) is 12.6 Å². The van der Waals surface area contributed by atoms with Crippen molar-refractivity contribution in [1.82, 2.24) is 0 Å². The van der Waals surface area contributed by atoms with Crippen LogP contribution >= 0.6 is 0 Å². The van der Waals surface area contributed by atoms with E-state index in [1.807, 2.05) is 0 Å². The molecule has 1 aliphatic rings. The number of hydrogen-bond donors (Lipinski definition) is 0. The molecule has 1 saturated carbocycles. The lowest BCUT2D eigenvalue weighted by Gasteiger charge is -2.00. The third-order valence-corrected chi connectivity index (χ3v) is 2.59. The van der Waals surface area contributed by atoms with Crippen LogP contribution < -0.4 is 0 Å². The van der Waals surface area contributed by atoms with Crippen molar-refractivity contribution in [2.24, 2.45) is 11.3 Å². The Hall–Kier alpha value is -0.860. The average Bonchev–Trinajstić information content (AvgIpc) is 2.57. The van der Waals surface area contributed by atoms with E-state index in [0.29, 0.717) is 6.61 Å². The Kier molecular flexibility index (Phi) is 3.29. The summed E-state index contributed by atoms with van der Waals surface area (Å²) in [5.74, 6) is -0.560. The molecule has 0 radical (unpaired) electrons. The van der Waals surface area contributed by atoms with Crippen molar-refractivity contribution in [2.75, 3.05) is 6.61 Å². The molecule has 0 bridgehead atoms. The van der Waals surface area contributed by atoms with Gasteiger partial charge in [-0.2, -0.15) is 0 Å². The van der Waals surface area contributed by atoms with Crippen molar-refractivity contribution in [3.8, 4) is 0 Å². The number of halogens is 1. The summed E-state index contributed by atoms with van der Waals surface area (Å²) in [5.41, 5.74) is 0.214. The molecule has 0 spiro atoms. The predicted molar refractivity (Wildman–Crippen MR) is 52.3 cm³/mol. The van der Waals surface area contributed by atoms with Gasteiger partial charge in [-0.05, 0) is 30.8 Å². The minimum atomic E-state index is -0.486. The highest BCUT2D eigenvalue weighted by Crippen LogP contribution is 2.53. The van der Waals surface area contributed by atoms with E-state index in [2.05, 4.69) is 18.6 Å². The van der Waals surface area contributed by atoms with E-state index in [1.54, 1.807) is 13.0 Å². The second-order valence-corrected chi connectivity index (χ2v) is 4.39. The van der Waals surface area contributed by atoms with Gasteiger partial charge < -0.3 is 4.74 Å². The number of esters is 1. The molecule has 1 atom stereocenters. The zero-order chi connectivity index (χ0) is 10.8. The van der Waals surface area contributed by atoms with E-state index in [0.717, 1.165) is 6.42 Å². The zero-order valence-corrected chi connectivity index (χ0v) is 8.97. The molecule has 2 nitrogen and oxygen atoms in total. The summed E-state index contributed by atoms with van der Waals surface area (Å²) in [6.07, 6.45) is 2.33. The highest BCUT2D eigenvalue weighted by molar-refractivity contribution is 5.71. The lowest BCUT2D eigenvalue weighted by Crippen LogP contribution is -2.03. The second-order valence-electron chi connectivity index (χ2n) is 4.39. The fourth-order valence-corrected chi connectivity index (χ4v) is 1.42. The first-order valence-corrected chi connectivity index (χ1v) is 4.97. The van der Waals surface area contributed by atoms with E-state index in [1.165, 1.54) is 0 Å². The minimum Gasteiger partial charge on any atom is -0.466 e. The molecule has 1 aliphatic carbocycles. The van der Waals surface area contributed by atoms with E-state index in [-0.39, 0.29) is 23.6 Å². The SMILES string of the molecule is CCOC(=O)C/C(F)=C\C1CC1(C)C. The number of ether oxygens (including phenoxy) is 1. The van der Waals surface area contributed by atoms with Gasteiger partial charge in [0.2, 0.25) is 0 Å². The van der Waals surface area contributed by atoms with Gasteiger partial charge in [0.15, 0.2) is 0 Å². The largest absolute Gasteiger partial charge is 0.466 e. The molecule has 0 N–H and O–H groups in total. The van der Waals surface area contributed by atoms with E-state index < -0.39 is 5.97 Å². The molecule has 1 rings (SSSR count). The van der Waals surface area contributed by atoms with Crippen molar-refractivity contribution in [3.05, 3.63) is 11.9 Å². The van der Waals surface area contributed by atoms with Gasteiger partial charge in [0, 0.05) is 0 Å². The van der Waals surface area contributed by atoms with Crippen LogP contribution in [0.3, 0.4) is 0 Å². The van der Waals surface area contributed by atoms with Crippen molar-refractivity contribution < 1.29 is 13.9 Å². The van der Waals surface area contributed by atoms with Gasteiger partial charge in [-0.3, -0.25) is 4.79 Å². The quantitative estimate of drug-likeness (QED) is 0.652. The van der Waals surface area contributed by atoms with Gasteiger partial charge in [0.1, 0.15) is 5.83 Å². The molecule has 0 saturated heterocycles. The van der Waals surface area contributed by atoms with E-state index in [4.69, 9.17) is 0 Å². The summed E-state index contributed by atoms with van der Waals surface area (Å²) in [6, 6.07) is 0. The summed E-state index contributed by atoms with van der Waals surface area (Å²) in [6.45, 7) is 6.20. The molecule has 0 aromatic rings. The summed E-state index contributed by atoms with van der Waals surface area (Å²) in [4.78, 5) is 10.9. The number of allylic oxidation sites excluding steroid dienone is 1. The molecule has 1 unspecified atom stereocenters. The van der Waals surface area contributed by atoms with Crippen molar-refractivity contribution in [1.29, 1.82) is 0 Å². The maximum Gasteiger partial charge on any atom is 0.312 e. The fourth-order valence-electron chi connectivity index (χ4n) is 1.42. The normalized spacial score (nSPS) is 24.6. The summed E-state index contributed by atoms with van der Waals surface area (Å²) < 4.78 is 17.8. The third kappa shape index (κ3) is 3.13. The lowest BCUT2D eigenvalue weighted by molar-refractivity contribution is -0.142. The topological polar surface area (TPSA) is 26.3 Å². The first kappa shape index (κ1) is 11.2. The van der Waals surface area contributed by atoms with Crippen LogP contribution in [0.4, 0.5) is 4.39 Å². The van der Waals surface area contributed by atoms with E-state index in [9.17, 15) is 9.18 Å². The monoisotopic (exact) mass is 200 g/mol. The maximum absolute atomic E-state index is 13.2.